The summed E-state index contributed by atoms with van der Waals surface area (Å²) >= 11 is 0. The van der Waals surface area contributed by atoms with Gasteiger partial charge in [0.15, 0.2) is 0 Å². The fourth-order valence-electron chi connectivity index (χ4n) is 1.75. The average Bonchev–Trinajstić information content (AvgIpc) is 2.13. The summed E-state index contributed by atoms with van der Waals surface area (Å²) in [4.78, 5) is 0. The normalized spacial score (nSPS) is 36.0. The molecule has 0 aromatic rings. The van der Waals surface area contributed by atoms with Crippen molar-refractivity contribution in [1.82, 2.24) is 0 Å². The summed E-state index contributed by atoms with van der Waals surface area (Å²) in [5.74, 6) is 1.26. The summed E-state index contributed by atoms with van der Waals surface area (Å²) in [7, 11) is 0. The lowest BCUT2D eigenvalue weighted by molar-refractivity contribution is 0.108. The van der Waals surface area contributed by atoms with E-state index in [0.29, 0.717) is 11.8 Å². The molecule has 0 aromatic carbocycles. The summed E-state index contributed by atoms with van der Waals surface area (Å²) in [6.07, 6.45) is 3.50. The number of hydrogen-bond acceptors (Lipinski definition) is 1. The Morgan fingerprint density at radius 2 is 2.00 bits per heavy atom. The molecule has 0 heterocycles. The smallest absolute Gasteiger partial charge is 0.0570 e. The molecule has 0 saturated heterocycles. The molecule has 1 aliphatic carbocycles. The first kappa shape index (κ1) is 7.07. The molecule has 54 valence electrons. The van der Waals surface area contributed by atoms with Gasteiger partial charge in [0.05, 0.1) is 6.10 Å². The van der Waals surface area contributed by atoms with Crippen LogP contribution in [0.15, 0.2) is 0 Å². The molecule has 2 atom stereocenters. The summed E-state index contributed by atoms with van der Waals surface area (Å²) in [5.41, 5.74) is 0. The third-order valence-corrected chi connectivity index (χ3v) is 2.39. The number of rotatable bonds is 1. The van der Waals surface area contributed by atoms with Gasteiger partial charge in [0, 0.05) is 0 Å². The molecule has 0 aliphatic heterocycles. The van der Waals surface area contributed by atoms with Gasteiger partial charge in [-0.25, -0.2) is 0 Å². The molecule has 0 amide bonds. The zero-order chi connectivity index (χ0) is 6.85. The van der Waals surface area contributed by atoms with Crippen LogP contribution in [0.1, 0.15) is 33.1 Å². The van der Waals surface area contributed by atoms with Crippen molar-refractivity contribution in [3.8, 4) is 0 Å². The Hall–Kier alpha value is -0.0400. The Labute approximate surface area is 57.1 Å². The van der Waals surface area contributed by atoms with Gasteiger partial charge in [-0.2, -0.15) is 0 Å². The Bertz CT molecular complexity index is 88.6. The van der Waals surface area contributed by atoms with Gasteiger partial charge in [0.1, 0.15) is 0 Å². The first-order valence-electron chi connectivity index (χ1n) is 3.90. The molecule has 1 saturated carbocycles. The Balaban J connectivity index is 2.40. The second kappa shape index (κ2) is 2.70. The second-order valence-electron chi connectivity index (χ2n) is 3.41. The fourth-order valence-corrected chi connectivity index (χ4v) is 1.75. The highest BCUT2D eigenvalue weighted by atomic mass is 16.3. The molecule has 9 heavy (non-hydrogen) atoms. The highest BCUT2D eigenvalue weighted by Crippen LogP contribution is 2.30. The van der Waals surface area contributed by atoms with E-state index in [1.807, 2.05) is 0 Å². The van der Waals surface area contributed by atoms with Crippen molar-refractivity contribution in [3.05, 3.63) is 0 Å². The van der Waals surface area contributed by atoms with E-state index in [2.05, 4.69) is 13.8 Å². The van der Waals surface area contributed by atoms with E-state index in [1.165, 1.54) is 12.8 Å². The zero-order valence-corrected chi connectivity index (χ0v) is 6.30. The quantitative estimate of drug-likeness (QED) is 0.571. The average molecular weight is 128 g/mol. The Morgan fingerprint density at radius 1 is 1.33 bits per heavy atom. The van der Waals surface area contributed by atoms with E-state index in [4.69, 9.17) is 0 Å². The first-order chi connectivity index (χ1) is 4.22. The van der Waals surface area contributed by atoms with Crippen molar-refractivity contribution in [2.75, 3.05) is 0 Å². The lowest BCUT2D eigenvalue weighted by atomic mass is 9.93. The highest BCUT2D eigenvalue weighted by molar-refractivity contribution is 4.78. The van der Waals surface area contributed by atoms with Crippen LogP contribution in [0.4, 0.5) is 0 Å². The van der Waals surface area contributed by atoms with E-state index >= 15 is 0 Å². The molecule has 1 heteroatoms. The minimum Gasteiger partial charge on any atom is -0.393 e. The van der Waals surface area contributed by atoms with Crippen molar-refractivity contribution in [2.24, 2.45) is 11.8 Å². The molecule has 1 rings (SSSR count). The summed E-state index contributed by atoms with van der Waals surface area (Å²) < 4.78 is 0. The molecule has 0 radical (unpaired) electrons. The van der Waals surface area contributed by atoms with Crippen LogP contribution >= 0.6 is 0 Å². The molecule has 1 nitrogen and oxygen atoms in total. The largest absolute Gasteiger partial charge is 0.393 e. The molecule has 0 aromatic heterocycles. The van der Waals surface area contributed by atoms with Crippen LogP contribution in [-0.4, -0.2) is 11.2 Å². The minimum atomic E-state index is 0.00463. The van der Waals surface area contributed by atoms with Gasteiger partial charge < -0.3 is 5.11 Å². The topological polar surface area (TPSA) is 20.2 Å². The van der Waals surface area contributed by atoms with E-state index < -0.39 is 0 Å². The predicted octanol–water partition coefficient (Wildman–Crippen LogP) is 1.80. The molecular formula is C8H16O. The first-order valence-corrected chi connectivity index (χ1v) is 3.90. The van der Waals surface area contributed by atoms with Gasteiger partial charge in [0.2, 0.25) is 0 Å². The number of aliphatic hydroxyl groups excluding tert-OH is 1. The van der Waals surface area contributed by atoms with Crippen LogP contribution in [0, 0.1) is 11.8 Å². The van der Waals surface area contributed by atoms with Crippen LogP contribution in [-0.2, 0) is 0 Å². The van der Waals surface area contributed by atoms with Crippen molar-refractivity contribution in [1.29, 1.82) is 0 Å². The van der Waals surface area contributed by atoms with E-state index in [9.17, 15) is 5.11 Å². The molecule has 0 bridgehead atoms. The van der Waals surface area contributed by atoms with Crippen LogP contribution in [0.25, 0.3) is 0 Å². The Kier molecular flexibility index (Phi) is 2.12. The van der Waals surface area contributed by atoms with Gasteiger partial charge in [-0.05, 0) is 24.7 Å². The monoisotopic (exact) mass is 128 g/mol. The maximum absolute atomic E-state index is 9.36. The van der Waals surface area contributed by atoms with Gasteiger partial charge in [-0.3, -0.25) is 0 Å². The van der Waals surface area contributed by atoms with E-state index in [0.717, 1.165) is 6.42 Å². The van der Waals surface area contributed by atoms with Gasteiger partial charge >= 0.3 is 0 Å². The molecule has 1 fully saturated rings. The van der Waals surface area contributed by atoms with Crippen LogP contribution in [0.3, 0.4) is 0 Å². The fraction of sp³-hybridized carbons (Fsp3) is 1.00. The van der Waals surface area contributed by atoms with Crippen LogP contribution in [0.2, 0.25) is 0 Å². The predicted molar refractivity (Wildman–Crippen MR) is 38.2 cm³/mol. The molecule has 0 spiro atoms. The standard InChI is InChI=1S/C8H16O/c1-6(2)7-4-3-5-8(7)9/h6-9H,3-5H2,1-2H3. The van der Waals surface area contributed by atoms with Crippen LogP contribution < -0.4 is 0 Å². The van der Waals surface area contributed by atoms with Crippen LogP contribution in [0.5, 0.6) is 0 Å². The third-order valence-electron chi connectivity index (χ3n) is 2.39. The SMILES string of the molecule is CC(C)C1CCCC1O. The molecule has 1 N–H and O–H groups in total. The molecule has 2 unspecified atom stereocenters. The van der Waals surface area contributed by atoms with Gasteiger partial charge in [-0.15, -0.1) is 0 Å². The van der Waals surface area contributed by atoms with E-state index in [1.54, 1.807) is 0 Å². The maximum atomic E-state index is 9.36. The van der Waals surface area contributed by atoms with Crippen molar-refractivity contribution in [3.63, 3.8) is 0 Å². The maximum Gasteiger partial charge on any atom is 0.0570 e. The second-order valence-corrected chi connectivity index (χ2v) is 3.41. The summed E-state index contributed by atoms with van der Waals surface area (Å²) in [6.45, 7) is 4.39. The number of aliphatic hydroxyl groups is 1. The molecular weight excluding hydrogens is 112 g/mol. The van der Waals surface area contributed by atoms with E-state index in [-0.39, 0.29) is 6.10 Å². The Morgan fingerprint density at radius 3 is 2.22 bits per heavy atom. The lowest BCUT2D eigenvalue weighted by Crippen LogP contribution is -2.18. The van der Waals surface area contributed by atoms with Crippen molar-refractivity contribution >= 4 is 0 Å². The zero-order valence-electron chi connectivity index (χ0n) is 6.30. The number of hydrogen-bond donors (Lipinski definition) is 1. The van der Waals surface area contributed by atoms with Crippen molar-refractivity contribution < 1.29 is 5.11 Å². The summed E-state index contributed by atoms with van der Waals surface area (Å²) in [6, 6.07) is 0. The summed E-state index contributed by atoms with van der Waals surface area (Å²) in [5, 5.41) is 9.36. The molecule has 1 aliphatic rings. The van der Waals surface area contributed by atoms with Gasteiger partial charge in [0.25, 0.3) is 0 Å². The minimum absolute atomic E-state index is 0.00463. The van der Waals surface area contributed by atoms with Gasteiger partial charge in [-0.1, -0.05) is 20.3 Å². The highest BCUT2D eigenvalue weighted by Gasteiger charge is 2.27. The lowest BCUT2D eigenvalue weighted by Gasteiger charge is -2.17. The third kappa shape index (κ3) is 1.45. The van der Waals surface area contributed by atoms with Crippen molar-refractivity contribution in [2.45, 2.75) is 39.2 Å².